The predicted octanol–water partition coefficient (Wildman–Crippen LogP) is 3.36. The molecule has 6 nitrogen and oxygen atoms in total. The van der Waals surface area contributed by atoms with Gasteiger partial charge in [0.05, 0.1) is 24.4 Å². The van der Waals surface area contributed by atoms with Gasteiger partial charge in [0, 0.05) is 36.5 Å². The average molecular weight is 417 g/mol. The first-order valence-electron chi connectivity index (χ1n) is 10.7. The minimum Gasteiger partial charge on any atom is -0.376 e. The highest BCUT2D eigenvalue weighted by Crippen LogP contribution is 2.34. The lowest BCUT2D eigenvalue weighted by Gasteiger charge is -2.37. The van der Waals surface area contributed by atoms with E-state index in [1.54, 1.807) is 11.9 Å². The molecule has 0 aromatic carbocycles. The molecule has 0 spiro atoms. The fraction of sp³-hybridized carbons (Fsp3) is 0.636. The van der Waals surface area contributed by atoms with Crippen molar-refractivity contribution in [2.24, 2.45) is 7.05 Å². The normalized spacial score (nSPS) is 27.0. The number of ether oxygens (including phenoxy) is 1. The number of hydrogen-bond acceptors (Lipinski definition) is 5. The van der Waals surface area contributed by atoms with Crippen molar-refractivity contribution >= 4 is 11.9 Å². The topological polar surface area (TPSA) is 61.1 Å². The van der Waals surface area contributed by atoms with Crippen LogP contribution in [0.1, 0.15) is 61.0 Å². The summed E-state index contributed by atoms with van der Waals surface area (Å²) in [5, 5.41) is 4.58. The fourth-order valence-electron chi connectivity index (χ4n) is 4.83. The molecule has 1 aliphatic heterocycles. The minimum absolute atomic E-state index is 0.0483. The Morgan fingerprint density at radius 3 is 2.69 bits per heavy atom. The van der Waals surface area contributed by atoms with Crippen LogP contribution in [0.4, 0.5) is 0 Å². The summed E-state index contributed by atoms with van der Waals surface area (Å²) in [6.45, 7) is 2.49. The molecule has 158 valence electrons. The van der Waals surface area contributed by atoms with Crippen LogP contribution >= 0.6 is 11.9 Å². The molecule has 1 fully saturated rings. The summed E-state index contributed by atoms with van der Waals surface area (Å²) in [4.78, 5) is 12.9. The summed E-state index contributed by atoms with van der Waals surface area (Å²) in [6.07, 6.45) is 10.7. The lowest BCUT2D eigenvalue weighted by Crippen LogP contribution is -2.46. The van der Waals surface area contributed by atoms with E-state index in [1.807, 2.05) is 41.7 Å². The minimum atomic E-state index is 0.0483. The summed E-state index contributed by atoms with van der Waals surface area (Å²) in [6, 6.07) is 6.50. The highest BCUT2D eigenvalue weighted by atomic mass is 32.2. The van der Waals surface area contributed by atoms with E-state index in [2.05, 4.69) is 22.0 Å². The van der Waals surface area contributed by atoms with E-state index in [9.17, 15) is 4.79 Å². The highest BCUT2D eigenvalue weighted by Gasteiger charge is 2.32. The van der Waals surface area contributed by atoms with E-state index in [4.69, 9.17) is 4.74 Å². The zero-order chi connectivity index (χ0) is 20.4. The van der Waals surface area contributed by atoms with Crippen molar-refractivity contribution < 1.29 is 4.74 Å². The molecule has 2 aromatic heterocycles. The summed E-state index contributed by atoms with van der Waals surface area (Å²) in [5.41, 5.74) is 3.27. The van der Waals surface area contributed by atoms with Crippen LogP contribution in [0.2, 0.25) is 0 Å². The largest absolute Gasteiger partial charge is 0.376 e. The van der Waals surface area contributed by atoms with Crippen LogP contribution in [0.15, 0.2) is 29.2 Å². The lowest BCUT2D eigenvalue weighted by atomic mass is 9.85. The molecule has 0 amide bonds. The van der Waals surface area contributed by atoms with Gasteiger partial charge in [-0.25, -0.2) is 0 Å². The molecule has 2 aromatic rings. The Hall–Kier alpha value is -1.57. The van der Waals surface area contributed by atoms with Gasteiger partial charge in [0.1, 0.15) is 0 Å². The van der Waals surface area contributed by atoms with Crippen molar-refractivity contribution in [1.82, 2.24) is 19.1 Å². The third-order valence-electron chi connectivity index (χ3n) is 6.50. The third kappa shape index (κ3) is 4.47. The number of fused-ring (bicyclic) bond motifs is 1. The number of hydrogen-bond donors (Lipinski definition) is 1. The number of aryl methyl sites for hydroxylation is 3. The SMILES string of the molecule is CSNC1CCc2ccc(C)c(=O)n2C1COC1CCC(c2ccn(C)n2)CC1. The summed E-state index contributed by atoms with van der Waals surface area (Å²) in [5.74, 6) is 0.544. The number of nitrogens with zero attached hydrogens (tertiary/aromatic N) is 3. The first-order valence-corrected chi connectivity index (χ1v) is 11.9. The molecule has 4 rings (SSSR count). The van der Waals surface area contributed by atoms with Gasteiger partial charge in [0.25, 0.3) is 5.56 Å². The molecular weight excluding hydrogens is 384 g/mol. The Bertz CT molecular complexity index is 885. The quantitative estimate of drug-likeness (QED) is 0.732. The zero-order valence-corrected chi connectivity index (χ0v) is 18.5. The van der Waals surface area contributed by atoms with Crippen LogP contribution in [0, 0.1) is 6.92 Å². The molecule has 3 heterocycles. The van der Waals surface area contributed by atoms with Gasteiger partial charge >= 0.3 is 0 Å². The van der Waals surface area contributed by atoms with E-state index in [-0.39, 0.29) is 23.7 Å². The molecule has 2 atom stereocenters. The first-order chi connectivity index (χ1) is 14.1. The molecule has 0 radical (unpaired) electrons. The van der Waals surface area contributed by atoms with Gasteiger partial charge in [-0.3, -0.25) is 14.2 Å². The van der Waals surface area contributed by atoms with Crippen molar-refractivity contribution in [3.05, 3.63) is 51.7 Å². The number of pyridine rings is 1. The Balaban J connectivity index is 1.42. The summed E-state index contributed by atoms with van der Waals surface area (Å²) in [7, 11) is 1.98. The maximum absolute atomic E-state index is 12.9. The maximum atomic E-state index is 12.9. The van der Waals surface area contributed by atoms with Crippen molar-refractivity contribution in [1.29, 1.82) is 0 Å². The van der Waals surface area contributed by atoms with Crippen molar-refractivity contribution in [2.75, 3.05) is 12.9 Å². The summed E-state index contributed by atoms with van der Waals surface area (Å²) >= 11 is 1.63. The van der Waals surface area contributed by atoms with Crippen LogP contribution < -0.4 is 10.3 Å². The Morgan fingerprint density at radius 2 is 2.00 bits per heavy atom. The van der Waals surface area contributed by atoms with Crippen LogP contribution in [0.5, 0.6) is 0 Å². The van der Waals surface area contributed by atoms with E-state index in [1.165, 1.54) is 5.69 Å². The van der Waals surface area contributed by atoms with Crippen LogP contribution in [-0.4, -0.2) is 39.4 Å². The average Bonchev–Trinajstić information content (AvgIpc) is 3.17. The number of nitrogens with one attached hydrogen (secondary N) is 1. The Labute approximate surface area is 177 Å². The maximum Gasteiger partial charge on any atom is 0.254 e. The summed E-state index contributed by atoms with van der Waals surface area (Å²) < 4.78 is 13.8. The monoisotopic (exact) mass is 416 g/mol. The molecule has 29 heavy (non-hydrogen) atoms. The van der Waals surface area contributed by atoms with Gasteiger partial charge in [-0.2, -0.15) is 5.10 Å². The van der Waals surface area contributed by atoms with Crippen molar-refractivity contribution in [3.63, 3.8) is 0 Å². The number of aromatic nitrogens is 3. The van der Waals surface area contributed by atoms with Gasteiger partial charge < -0.3 is 9.30 Å². The zero-order valence-electron chi connectivity index (χ0n) is 17.6. The smallest absolute Gasteiger partial charge is 0.254 e. The van der Waals surface area contributed by atoms with Crippen LogP contribution in [0.25, 0.3) is 0 Å². The van der Waals surface area contributed by atoms with E-state index < -0.39 is 0 Å². The van der Waals surface area contributed by atoms with E-state index >= 15 is 0 Å². The molecule has 2 unspecified atom stereocenters. The van der Waals surface area contributed by atoms with E-state index in [0.29, 0.717) is 12.5 Å². The van der Waals surface area contributed by atoms with Crippen molar-refractivity contribution in [2.45, 2.75) is 69.6 Å². The molecule has 1 N–H and O–H groups in total. The Kier molecular flexibility index (Phi) is 6.47. The molecule has 1 saturated carbocycles. The molecule has 0 saturated heterocycles. The molecule has 7 heteroatoms. The fourth-order valence-corrected chi connectivity index (χ4v) is 5.40. The molecule has 1 aliphatic carbocycles. The van der Waals surface area contributed by atoms with Gasteiger partial charge in [0.2, 0.25) is 0 Å². The van der Waals surface area contributed by atoms with Crippen LogP contribution in [0.3, 0.4) is 0 Å². The second-order valence-electron chi connectivity index (χ2n) is 8.44. The molecular formula is C22H32N4O2S. The lowest BCUT2D eigenvalue weighted by molar-refractivity contribution is -0.00172. The standard InChI is InChI=1S/C22H32N4O2S/c1-15-4-7-17-8-11-20(24-29-3)21(26(17)22(15)27)14-28-18-9-5-16(6-10-18)19-12-13-25(2)23-19/h4,7,12-13,16,18,20-21,24H,5-6,8-11,14H2,1-3H3. The second kappa shape index (κ2) is 9.06. The van der Waals surface area contributed by atoms with E-state index in [0.717, 1.165) is 49.8 Å². The van der Waals surface area contributed by atoms with Gasteiger partial charge in [-0.05, 0) is 63.8 Å². The van der Waals surface area contributed by atoms with Gasteiger partial charge in [-0.1, -0.05) is 18.0 Å². The number of rotatable bonds is 6. The predicted molar refractivity (Wildman–Crippen MR) is 117 cm³/mol. The third-order valence-corrected chi connectivity index (χ3v) is 7.04. The van der Waals surface area contributed by atoms with Crippen LogP contribution in [-0.2, 0) is 18.2 Å². The molecule has 0 bridgehead atoms. The highest BCUT2D eigenvalue weighted by molar-refractivity contribution is 7.96. The van der Waals surface area contributed by atoms with Crippen molar-refractivity contribution in [3.8, 4) is 0 Å². The Morgan fingerprint density at radius 1 is 1.21 bits per heavy atom. The first kappa shape index (κ1) is 20.7. The van der Waals surface area contributed by atoms with Gasteiger partial charge in [0.15, 0.2) is 0 Å². The second-order valence-corrected chi connectivity index (χ2v) is 9.08. The van der Waals surface area contributed by atoms with Gasteiger partial charge in [-0.15, -0.1) is 0 Å². The molecule has 2 aliphatic rings.